The number of fused-ring (bicyclic) bond motifs is 3. The normalized spacial score (nSPS) is 32.7. The number of carbonyl (C=O) groups is 1. The van der Waals surface area contributed by atoms with Crippen LogP contribution in [0.4, 0.5) is 0 Å². The van der Waals surface area contributed by atoms with E-state index in [1.54, 1.807) is 0 Å². The molecule has 1 fully saturated rings. The Labute approximate surface area is 162 Å². The number of benzene rings is 1. The zero-order chi connectivity index (χ0) is 16.1. The Hall–Kier alpha value is -0.310. The van der Waals surface area contributed by atoms with Crippen LogP contribution in [0.15, 0.2) is 18.2 Å². The number of aliphatic carboxylic acids is 1. The summed E-state index contributed by atoms with van der Waals surface area (Å²) in [7, 11) is 0. The Morgan fingerprint density at radius 3 is 2.57 bits per heavy atom. The molecule has 1 unspecified atom stereocenters. The maximum atomic E-state index is 11.8. The molecule has 23 heavy (non-hydrogen) atoms. The molecule has 0 aromatic heterocycles. The monoisotopic (exact) mass is 322 g/mol. The summed E-state index contributed by atoms with van der Waals surface area (Å²) < 4.78 is 0. The molecule has 1 saturated carbocycles. The molecule has 3 rings (SSSR count). The molecule has 0 saturated heterocycles. The van der Waals surface area contributed by atoms with Gasteiger partial charge in [0.15, 0.2) is 0 Å². The summed E-state index contributed by atoms with van der Waals surface area (Å²) in [6.07, 6.45) is 4.79. The quantitative estimate of drug-likeness (QED) is 0.747. The van der Waals surface area contributed by atoms with Crippen LogP contribution in [0, 0.1) is 11.3 Å². The first-order chi connectivity index (χ1) is 10.3. The number of rotatable bonds is 2. The van der Waals surface area contributed by atoms with Crippen molar-refractivity contribution in [3.8, 4) is 0 Å². The first kappa shape index (κ1) is 19.0. The summed E-state index contributed by atoms with van der Waals surface area (Å²) in [5, 5.41) is 11.8. The van der Waals surface area contributed by atoms with Crippen LogP contribution >= 0.6 is 0 Å². The fourth-order valence-corrected chi connectivity index (χ4v) is 5.11. The van der Waals surface area contributed by atoms with Gasteiger partial charge in [-0.3, -0.25) is 0 Å². The van der Waals surface area contributed by atoms with E-state index in [-0.39, 0.29) is 40.9 Å². The standard InChI is InChI=1S/C20H28O2.Na/c1-13(2)14-6-8-16-15(12-14)7-9-17-19(16,3)10-5-11-20(17,4)18(21)22;/h6,8,12-13,17H,5,7,9-11H2,1-4H3,(H,21,22);/q;+1/p-1/t17-,19+,20?;/m0./s1. The van der Waals surface area contributed by atoms with Crippen LogP contribution < -0.4 is 34.7 Å². The fourth-order valence-electron chi connectivity index (χ4n) is 5.11. The van der Waals surface area contributed by atoms with Gasteiger partial charge in [0.05, 0.1) is 0 Å². The van der Waals surface area contributed by atoms with Crippen LogP contribution in [0.3, 0.4) is 0 Å². The smallest absolute Gasteiger partial charge is 0.550 e. The maximum absolute atomic E-state index is 11.8. The van der Waals surface area contributed by atoms with Crippen molar-refractivity contribution in [2.24, 2.45) is 11.3 Å². The van der Waals surface area contributed by atoms with E-state index >= 15 is 0 Å². The van der Waals surface area contributed by atoms with Gasteiger partial charge in [0, 0.05) is 11.4 Å². The molecular weight excluding hydrogens is 295 g/mol. The Balaban J connectivity index is 0.00000192. The van der Waals surface area contributed by atoms with Crippen LogP contribution in [0.1, 0.15) is 76.0 Å². The van der Waals surface area contributed by atoms with E-state index in [2.05, 4.69) is 39.0 Å². The number of hydrogen-bond acceptors (Lipinski definition) is 2. The van der Waals surface area contributed by atoms with Gasteiger partial charge in [0.2, 0.25) is 0 Å². The van der Waals surface area contributed by atoms with Gasteiger partial charge in [-0.25, -0.2) is 0 Å². The summed E-state index contributed by atoms with van der Waals surface area (Å²) in [4.78, 5) is 11.8. The molecule has 0 amide bonds. The molecule has 0 N–H and O–H groups in total. The minimum absolute atomic E-state index is 0. The first-order valence-corrected chi connectivity index (χ1v) is 8.64. The van der Waals surface area contributed by atoms with Crippen molar-refractivity contribution < 1.29 is 39.5 Å². The molecule has 2 nitrogen and oxygen atoms in total. The molecule has 0 aliphatic heterocycles. The van der Waals surface area contributed by atoms with E-state index in [4.69, 9.17) is 0 Å². The summed E-state index contributed by atoms with van der Waals surface area (Å²) in [5.74, 6) is -0.127. The van der Waals surface area contributed by atoms with Crippen molar-refractivity contribution in [2.75, 3.05) is 0 Å². The summed E-state index contributed by atoms with van der Waals surface area (Å²) >= 11 is 0. The van der Waals surface area contributed by atoms with Crippen molar-refractivity contribution in [3.63, 3.8) is 0 Å². The van der Waals surface area contributed by atoms with Gasteiger partial charge >= 0.3 is 29.6 Å². The zero-order valence-corrected chi connectivity index (χ0v) is 17.2. The SMILES string of the molecule is CC(C)c1ccc2c(c1)CC[C@@H]1C(C)(C(=O)[O-])CCC[C@]21C.[Na+]. The van der Waals surface area contributed by atoms with E-state index < -0.39 is 11.4 Å². The van der Waals surface area contributed by atoms with Crippen molar-refractivity contribution in [3.05, 3.63) is 34.9 Å². The second-order valence-corrected chi connectivity index (χ2v) is 8.14. The molecular formula is C20H27NaO2. The number of carbonyl (C=O) groups excluding carboxylic acids is 1. The van der Waals surface area contributed by atoms with Gasteiger partial charge in [0.25, 0.3) is 0 Å². The molecule has 0 spiro atoms. The Morgan fingerprint density at radius 2 is 1.96 bits per heavy atom. The summed E-state index contributed by atoms with van der Waals surface area (Å²) in [5.41, 5.74) is 3.52. The Kier molecular flexibility index (Phi) is 5.41. The van der Waals surface area contributed by atoms with E-state index in [1.807, 2.05) is 6.92 Å². The first-order valence-electron chi connectivity index (χ1n) is 8.64. The average Bonchev–Trinajstić information content (AvgIpc) is 2.46. The van der Waals surface area contributed by atoms with Crippen LogP contribution in [0.2, 0.25) is 0 Å². The Bertz CT molecular complexity index is 610. The molecule has 2 aliphatic rings. The largest absolute Gasteiger partial charge is 1.00 e. The van der Waals surface area contributed by atoms with Gasteiger partial charge in [0.1, 0.15) is 0 Å². The van der Waals surface area contributed by atoms with Gasteiger partial charge in [-0.05, 0) is 59.6 Å². The van der Waals surface area contributed by atoms with Crippen LogP contribution in [0.5, 0.6) is 0 Å². The third-order valence-corrected chi connectivity index (χ3v) is 6.51. The topological polar surface area (TPSA) is 40.1 Å². The van der Waals surface area contributed by atoms with Crippen LogP contribution in [0.25, 0.3) is 0 Å². The summed E-state index contributed by atoms with van der Waals surface area (Å²) in [6, 6.07) is 6.87. The third kappa shape index (κ3) is 2.92. The predicted octanol–water partition coefficient (Wildman–Crippen LogP) is 0.574. The van der Waals surface area contributed by atoms with E-state index in [0.717, 1.165) is 32.1 Å². The maximum Gasteiger partial charge on any atom is 1.00 e. The number of hydrogen-bond donors (Lipinski definition) is 0. The van der Waals surface area contributed by atoms with Crippen molar-refractivity contribution >= 4 is 5.97 Å². The molecule has 0 heterocycles. The molecule has 1 aromatic rings. The van der Waals surface area contributed by atoms with Gasteiger partial charge in [-0.2, -0.15) is 0 Å². The van der Waals surface area contributed by atoms with Gasteiger partial charge in [-0.15, -0.1) is 0 Å². The van der Waals surface area contributed by atoms with Crippen molar-refractivity contribution in [1.29, 1.82) is 0 Å². The second kappa shape index (κ2) is 6.54. The number of carboxylic acid groups (broad SMARTS) is 1. The molecule has 0 bridgehead atoms. The molecule has 120 valence electrons. The fraction of sp³-hybridized carbons (Fsp3) is 0.650. The zero-order valence-electron chi connectivity index (χ0n) is 15.2. The van der Waals surface area contributed by atoms with Crippen molar-refractivity contribution in [2.45, 2.75) is 71.1 Å². The second-order valence-electron chi connectivity index (χ2n) is 8.14. The van der Waals surface area contributed by atoms with E-state index in [9.17, 15) is 9.90 Å². The van der Waals surface area contributed by atoms with Crippen LogP contribution in [-0.4, -0.2) is 5.97 Å². The molecule has 3 heteroatoms. The van der Waals surface area contributed by atoms with Crippen molar-refractivity contribution in [1.82, 2.24) is 0 Å². The van der Waals surface area contributed by atoms with Crippen LogP contribution in [-0.2, 0) is 16.6 Å². The third-order valence-electron chi connectivity index (χ3n) is 6.51. The molecule has 0 radical (unpaired) electrons. The molecule has 1 aromatic carbocycles. The van der Waals surface area contributed by atoms with E-state index in [0.29, 0.717) is 5.92 Å². The number of carboxylic acids is 1. The minimum Gasteiger partial charge on any atom is -0.550 e. The minimum atomic E-state index is -0.856. The van der Waals surface area contributed by atoms with Gasteiger partial charge in [-0.1, -0.05) is 52.3 Å². The molecule has 2 aliphatic carbocycles. The molecule has 3 atom stereocenters. The number of aryl methyl sites for hydroxylation is 1. The van der Waals surface area contributed by atoms with E-state index in [1.165, 1.54) is 16.7 Å². The van der Waals surface area contributed by atoms with Gasteiger partial charge < -0.3 is 9.90 Å². The summed E-state index contributed by atoms with van der Waals surface area (Å²) in [6.45, 7) is 8.65. The average molecular weight is 322 g/mol. The predicted molar refractivity (Wildman–Crippen MR) is 86.7 cm³/mol. The Morgan fingerprint density at radius 1 is 1.26 bits per heavy atom.